The number of hydrogen-bond donors (Lipinski definition) is 2. The average molecular weight is 339 g/mol. The largest absolute Gasteiger partial charge is 0.380 e. The Morgan fingerprint density at radius 1 is 1.13 bits per heavy atom. The van der Waals surface area contributed by atoms with Gasteiger partial charge in [0.25, 0.3) is 0 Å². The molecule has 0 fully saturated rings. The van der Waals surface area contributed by atoms with Gasteiger partial charge in [-0.2, -0.15) is 0 Å². The third-order valence-electron chi connectivity index (χ3n) is 3.31. The van der Waals surface area contributed by atoms with Crippen molar-refractivity contribution in [2.45, 2.75) is 20.3 Å². The van der Waals surface area contributed by atoms with Crippen LogP contribution in [0.3, 0.4) is 0 Å². The van der Waals surface area contributed by atoms with E-state index >= 15 is 0 Å². The molecular formula is C17H17ClF2N2O. The summed E-state index contributed by atoms with van der Waals surface area (Å²) in [6.45, 7) is 3.87. The summed E-state index contributed by atoms with van der Waals surface area (Å²) in [4.78, 5) is 12.0. The first-order valence-electron chi connectivity index (χ1n) is 7.13. The molecule has 2 N–H and O–H groups in total. The summed E-state index contributed by atoms with van der Waals surface area (Å²) >= 11 is 6.12. The van der Waals surface area contributed by atoms with E-state index in [1.807, 2.05) is 19.9 Å². The fraction of sp³-hybridized carbons (Fsp3) is 0.235. The van der Waals surface area contributed by atoms with Crippen molar-refractivity contribution in [2.24, 2.45) is 0 Å². The van der Waals surface area contributed by atoms with Crippen molar-refractivity contribution in [3.05, 3.63) is 58.1 Å². The Hall–Kier alpha value is -2.14. The number of nitrogens with one attached hydrogen (secondary N) is 2. The Kier molecular flexibility index (Phi) is 5.55. The van der Waals surface area contributed by atoms with Crippen molar-refractivity contribution >= 4 is 28.9 Å². The van der Waals surface area contributed by atoms with Crippen LogP contribution in [0.5, 0.6) is 0 Å². The fourth-order valence-electron chi connectivity index (χ4n) is 2.24. The van der Waals surface area contributed by atoms with Crippen LogP contribution < -0.4 is 10.6 Å². The van der Waals surface area contributed by atoms with Crippen LogP contribution in [0.1, 0.15) is 17.5 Å². The summed E-state index contributed by atoms with van der Waals surface area (Å²) < 4.78 is 26.9. The molecule has 3 nitrogen and oxygen atoms in total. The molecule has 0 aromatic heterocycles. The molecule has 2 aromatic carbocycles. The highest BCUT2D eigenvalue weighted by Crippen LogP contribution is 2.27. The Labute approximate surface area is 138 Å². The van der Waals surface area contributed by atoms with Crippen molar-refractivity contribution in [3.63, 3.8) is 0 Å². The third kappa shape index (κ3) is 4.42. The van der Waals surface area contributed by atoms with Gasteiger partial charge in [-0.05, 0) is 43.2 Å². The lowest BCUT2D eigenvalue weighted by molar-refractivity contribution is -0.115. The number of amides is 1. The lowest BCUT2D eigenvalue weighted by Crippen LogP contribution is -2.18. The molecule has 0 radical (unpaired) electrons. The Morgan fingerprint density at radius 3 is 2.39 bits per heavy atom. The molecule has 6 heteroatoms. The summed E-state index contributed by atoms with van der Waals surface area (Å²) in [7, 11) is 0. The molecule has 0 heterocycles. The zero-order valence-corrected chi connectivity index (χ0v) is 13.6. The molecule has 0 spiro atoms. The summed E-state index contributed by atoms with van der Waals surface area (Å²) in [6.07, 6.45) is 0.0530. The van der Waals surface area contributed by atoms with E-state index in [0.29, 0.717) is 10.7 Å². The van der Waals surface area contributed by atoms with Crippen molar-refractivity contribution in [3.8, 4) is 0 Å². The minimum Gasteiger partial charge on any atom is -0.380 e. The number of halogens is 3. The van der Waals surface area contributed by atoms with Crippen LogP contribution in [-0.2, 0) is 4.79 Å². The minimum absolute atomic E-state index is 0.0530. The molecule has 23 heavy (non-hydrogen) atoms. The third-order valence-corrected chi connectivity index (χ3v) is 3.61. The van der Waals surface area contributed by atoms with Gasteiger partial charge in [-0.15, -0.1) is 0 Å². The summed E-state index contributed by atoms with van der Waals surface area (Å²) in [5.41, 5.74) is 2.18. The van der Waals surface area contributed by atoms with Crippen LogP contribution in [0.15, 0.2) is 30.3 Å². The smallest absolute Gasteiger partial charge is 0.226 e. The van der Waals surface area contributed by atoms with E-state index in [9.17, 15) is 13.6 Å². The van der Waals surface area contributed by atoms with E-state index in [1.165, 1.54) is 6.07 Å². The Morgan fingerprint density at radius 2 is 1.78 bits per heavy atom. The zero-order chi connectivity index (χ0) is 17.0. The van der Waals surface area contributed by atoms with E-state index in [4.69, 9.17) is 11.6 Å². The highest BCUT2D eigenvalue weighted by Gasteiger charge is 2.11. The van der Waals surface area contributed by atoms with Crippen LogP contribution in [0, 0.1) is 25.5 Å². The van der Waals surface area contributed by atoms with Gasteiger partial charge in [0.2, 0.25) is 5.91 Å². The number of aryl methyl sites for hydroxylation is 2. The van der Waals surface area contributed by atoms with E-state index in [0.717, 1.165) is 23.3 Å². The highest BCUT2D eigenvalue weighted by atomic mass is 35.5. The van der Waals surface area contributed by atoms with Gasteiger partial charge in [0.05, 0.1) is 10.7 Å². The van der Waals surface area contributed by atoms with Gasteiger partial charge in [0, 0.05) is 13.0 Å². The number of carbonyl (C=O) groups excluding carboxylic acids is 1. The SMILES string of the molecule is Cc1cc(C)c(NC(=O)CCNc2c(F)cccc2F)c(Cl)c1. The van der Waals surface area contributed by atoms with Gasteiger partial charge in [-0.3, -0.25) is 4.79 Å². The van der Waals surface area contributed by atoms with Crippen LogP contribution in [0.2, 0.25) is 5.02 Å². The van der Waals surface area contributed by atoms with Crippen molar-refractivity contribution < 1.29 is 13.6 Å². The summed E-state index contributed by atoms with van der Waals surface area (Å²) in [5, 5.41) is 5.78. The number of para-hydroxylation sites is 1. The number of rotatable bonds is 5. The number of hydrogen-bond acceptors (Lipinski definition) is 2. The van der Waals surface area contributed by atoms with Crippen LogP contribution >= 0.6 is 11.6 Å². The molecule has 0 aliphatic rings. The second kappa shape index (κ2) is 7.42. The number of benzene rings is 2. The molecule has 122 valence electrons. The first kappa shape index (κ1) is 17.2. The van der Waals surface area contributed by atoms with E-state index < -0.39 is 11.6 Å². The monoisotopic (exact) mass is 338 g/mol. The fourth-order valence-corrected chi connectivity index (χ4v) is 2.61. The molecule has 0 aliphatic heterocycles. The van der Waals surface area contributed by atoms with E-state index in [1.54, 1.807) is 6.07 Å². The maximum absolute atomic E-state index is 13.4. The van der Waals surface area contributed by atoms with Crippen molar-refractivity contribution in [1.82, 2.24) is 0 Å². The molecule has 2 aromatic rings. The van der Waals surface area contributed by atoms with Gasteiger partial charge in [0.1, 0.15) is 17.3 Å². The second-order valence-corrected chi connectivity index (χ2v) is 5.67. The van der Waals surface area contributed by atoms with Gasteiger partial charge in [-0.1, -0.05) is 23.7 Å². The molecule has 0 aliphatic carbocycles. The molecule has 0 saturated carbocycles. The summed E-state index contributed by atoms with van der Waals surface area (Å²) in [5.74, 6) is -1.67. The molecule has 2 rings (SSSR count). The molecule has 0 unspecified atom stereocenters. The van der Waals surface area contributed by atoms with Gasteiger partial charge in [0.15, 0.2) is 0 Å². The Balaban J connectivity index is 1.94. The molecule has 0 bridgehead atoms. The number of anilines is 2. The topological polar surface area (TPSA) is 41.1 Å². The Bertz CT molecular complexity index is 691. The minimum atomic E-state index is -0.692. The maximum atomic E-state index is 13.4. The van der Waals surface area contributed by atoms with Crippen molar-refractivity contribution in [2.75, 3.05) is 17.2 Å². The predicted octanol–water partition coefficient (Wildman–Crippen LogP) is 4.68. The first-order chi connectivity index (χ1) is 10.9. The van der Waals surface area contributed by atoms with Crippen LogP contribution in [0.25, 0.3) is 0 Å². The van der Waals surface area contributed by atoms with Gasteiger partial charge >= 0.3 is 0 Å². The molecule has 0 saturated heterocycles. The molecular weight excluding hydrogens is 322 g/mol. The van der Waals surface area contributed by atoms with E-state index in [-0.39, 0.29) is 24.6 Å². The highest BCUT2D eigenvalue weighted by molar-refractivity contribution is 6.34. The van der Waals surface area contributed by atoms with E-state index in [2.05, 4.69) is 10.6 Å². The first-order valence-corrected chi connectivity index (χ1v) is 7.50. The molecule has 0 atom stereocenters. The lowest BCUT2D eigenvalue weighted by Gasteiger charge is -2.12. The van der Waals surface area contributed by atoms with Crippen LogP contribution in [0.4, 0.5) is 20.2 Å². The zero-order valence-electron chi connectivity index (χ0n) is 12.8. The average Bonchev–Trinajstić information content (AvgIpc) is 2.46. The predicted molar refractivity (Wildman–Crippen MR) is 89.0 cm³/mol. The maximum Gasteiger partial charge on any atom is 0.226 e. The quantitative estimate of drug-likeness (QED) is 0.831. The van der Waals surface area contributed by atoms with Gasteiger partial charge < -0.3 is 10.6 Å². The molecule has 1 amide bonds. The second-order valence-electron chi connectivity index (χ2n) is 5.26. The normalized spacial score (nSPS) is 10.5. The summed E-state index contributed by atoms with van der Waals surface area (Å²) in [6, 6.07) is 7.26. The van der Waals surface area contributed by atoms with Crippen molar-refractivity contribution in [1.29, 1.82) is 0 Å². The van der Waals surface area contributed by atoms with Gasteiger partial charge in [-0.25, -0.2) is 8.78 Å². The van der Waals surface area contributed by atoms with Crippen LogP contribution in [-0.4, -0.2) is 12.5 Å². The lowest BCUT2D eigenvalue weighted by atomic mass is 10.1. The standard InChI is InChI=1S/C17H17ClF2N2O/c1-10-8-11(2)16(12(18)9-10)22-15(23)6-7-21-17-13(19)4-3-5-14(17)20/h3-5,8-9,21H,6-7H2,1-2H3,(H,22,23). The number of carbonyl (C=O) groups is 1.